The first-order valence-electron chi connectivity index (χ1n) is 9.68. The lowest BCUT2D eigenvalue weighted by molar-refractivity contribution is -0.120. The molecule has 2 aromatic rings. The number of carbonyl (C=O) groups is 2. The van der Waals surface area contributed by atoms with Crippen molar-refractivity contribution in [1.29, 1.82) is 0 Å². The summed E-state index contributed by atoms with van der Waals surface area (Å²) in [6, 6.07) is 12.1. The van der Waals surface area contributed by atoms with Gasteiger partial charge >= 0.3 is 0 Å². The van der Waals surface area contributed by atoms with Crippen molar-refractivity contribution >= 4 is 27.4 Å². The number of aryl methyl sites for hydroxylation is 2. The molecule has 1 saturated heterocycles. The van der Waals surface area contributed by atoms with Crippen LogP contribution in [0, 0.1) is 19.8 Å². The lowest BCUT2D eigenvalue weighted by Gasteiger charge is -2.31. The van der Waals surface area contributed by atoms with Crippen molar-refractivity contribution in [3.63, 3.8) is 0 Å². The number of piperidine rings is 1. The number of Topliss-reactive ketones (excluding diaryl/α,β-unsaturated/α-hetero) is 1. The van der Waals surface area contributed by atoms with Crippen molar-refractivity contribution in [2.75, 3.05) is 18.4 Å². The highest BCUT2D eigenvalue weighted by atomic mass is 32.2. The van der Waals surface area contributed by atoms with Gasteiger partial charge in [0, 0.05) is 24.3 Å². The van der Waals surface area contributed by atoms with E-state index in [2.05, 4.69) is 5.32 Å². The van der Waals surface area contributed by atoms with E-state index in [1.807, 2.05) is 13.0 Å². The van der Waals surface area contributed by atoms with E-state index in [1.54, 1.807) is 43.3 Å². The third kappa shape index (κ3) is 4.74. The van der Waals surface area contributed by atoms with E-state index in [-0.39, 0.29) is 18.2 Å². The zero-order valence-corrected chi connectivity index (χ0v) is 17.8. The van der Waals surface area contributed by atoms with E-state index in [0.717, 1.165) is 5.56 Å². The molecule has 0 saturated carbocycles. The summed E-state index contributed by atoms with van der Waals surface area (Å²) >= 11 is 0. The van der Waals surface area contributed by atoms with E-state index in [0.29, 0.717) is 41.1 Å². The molecule has 1 heterocycles. The largest absolute Gasteiger partial charge is 0.326 e. The number of nitrogens with zero attached hydrogens (tertiary/aromatic N) is 1. The summed E-state index contributed by atoms with van der Waals surface area (Å²) < 4.78 is 27.7. The Hall–Kier alpha value is -2.51. The maximum atomic E-state index is 13.2. The Bertz CT molecular complexity index is 1050. The van der Waals surface area contributed by atoms with Crippen LogP contribution in [0.25, 0.3) is 0 Å². The van der Waals surface area contributed by atoms with E-state index >= 15 is 0 Å². The van der Waals surface area contributed by atoms with Crippen molar-refractivity contribution in [3.8, 4) is 0 Å². The van der Waals surface area contributed by atoms with Crippen LogP contribution >= 0.6 is 0 Å². The van der Waals surface area contributed by atoms with Gasteiger partial charge < -0.3 is 5.32 Å². The molecule has 0 aliphatic carbocycles. The van der Waals surface area contributed by atoms with Crippen LogP contribution in [-0.4, -0.2) is 37.5 Å². The van der Waals surface area contributed by atoms with Gasteiger partial charge in [-0.1, -0.05) is 24.3 Å². The number of carbonyl (C=O) groups excluding carboxylic acids is 2. The van der Waals surface area contributed by atoms with Crippen molar-refractivity contribution in [2.24, 2.45) is 5.92 Å². The average Bonchev–Trinajstić information content (AvgIpc) is 2.70. The molecular weight excluding hydrogens is 388 g/mol. The number of sulfonamides is 1. The van der Waals surface area contributed by atoms with E-state index in [4.69, 9.17) is 0 Å². The summed E-state index contributed by atoms with van der Waals surface area (Å²) in [5.41, 5.74) is 2.64. The van der Waals surface area contributed by atoms with Crippen LogP contribution in [0.1, 0.15) is 41.3 Å². The Morgan fingerprint density at radius 2 is 1.86 bits per heavy atom. The Kier molecular flexibility index (Phi) is 6.19. The maximum absolute atomic E-state index is 13.2. The fourth-order valence-electron chi connectivity index (χ4n) is 3.56. The van der Waals surface area contributed by atoms with Crippen molar-refractivity contribution in [3.05, 3.63) is 59.2 Å². The van der Waals surface area contributed by atoms with Gasteiger partial charge in [-0.2, -0.15) is 4.31 Å². The van der Waals surface area contributed by atoms with Gasteiger partial charge in [0.15, 0.2) is 5.78 Å². The van der Waals surface area contributed by atoms with Crippen molar-refractivity contribution in [1.82, 2.24) is 4.31 Å². The van der Waals surface area contributed by atoms with Crippen LogP contribution in [-0.2, 0) is 14.8 Å². The summed E-state index contributed by atoms with van der Waals surface area (Å²) in [5.74, 6) is -0.749. The summed E-state index contributed by atoms with van der Waals surface area (Å²) in [4.78, 5) is 24.6. The van der Waals surface area contributed by atoms with Gasteiger partial charge in [-0.15, -0.1) is 0 Å². The molecule has 1 aliphatic rings. The number of nitrogens with one attached hydrogen (secondary N) is 1. The highest BCUT2D eigenvalue weighted by Crippen LogP contribution is 2.27. The van der Waals surface area contributed by atoms with Gasteiger partial charge in [0.1, 0.15) is 0 Å². The van der Waals surface area contributed by atoms with Crippen LogP contribution in [0.5, 0.6) is 0 Å². The minimum absolute atomic E-state index is 0.0791. The molecule has 0 spiro atoms. The number of ketones is 1. The Balaban J connectivity index is 1.76. The van der Waals surface area contributed by atoms with Crippen LogP contribution < -0.4 is 5.32 Å². The summed E-state index contributed by atoms with van der Waals surface area (Å²) in [6.45, 7) is 5.66. The second kappa shape index (κ2) is 8.47. The highest BCUT2D eigenvalue weighted by Gasteiger charge is 2.34. The molecule has 1 amide bonds. The lowest BCUT2D eigenvalue weighted by atomic mass is 9.98. The monoisotopic (exact) mass is 414 g/mol. The fraction of sp³-hybridized carbons (Fsp3) is 0.364. The molecule has 1 aliphatic heterocycles. The third-order valence-electron chi connectivity index (χ3n) is 5.25. The van der Waals surface area contributed by atoms with Crippen LogP contribution in [0.15, 0.2) is 47.4 Å². The Labute approximate surface area is 172 Å². The third-order valence-corrected chi connectivity index (χ3v) is 7.26. The summed E-state index contributed by atoms with van der Waals surface area (Å²) in [6.07, 6.45) is 1.24. The van der Waals surface area contributed by atoms with E-state index < -0.39 is 15.9 Å². The first-order valence-corrected chi connectivity index (χ1v) is 11.1. The number of rotatable bonds is 5. The van der Waals surface area contributed by atoms with Crippen LogP contribution in [0.2, 0.25) is 0 Å². The van der Waals surface area contributed by atoms with Gasteiger partial charge in [0.05, 0.1) is 10.8 Å². The van der Waals surface area contributed by atoms with Crippen LogP contribution in [0.4, 0.5) is 5.69 Å². The first-order chi connectivity index (χ1) is 13.7. The zero-order chi connectivity index (χ0) is 21.2. The molecule has 154 valence electrons. The number of anilines is 1. The molecule has 0 radical (unpaired) electrons. The Morgan fingerprint density at radius 1 is 1.10 bits per heavy atom. The molecular formula is C22H26N2O4S. The molecule has 29 heavy (non-hydrogen) atoms. The molecule has 0 aromatic heterocycles. The summed E-state index contributed by atoms with van der Waals surface area (Å²) in [7, 11) is -3.66. The predicted octanol–water partition coefficient (Wildman–Crippen LogP) is 3.55. The van der Waals surface area contributed by atoms with Gasteiger partial charge in [-0.25, -0.2) is 8.42 Å². The smallest absolute Gasteiger partial charge is 0.243 e. The highest BCUT2D eigenvalue weighted by molar-refractivity contribution is 7.89. The SMILES string of the molecule is CC(=O)c1cccc(NC(=O)[C@@H]2CCCN(S(=O)(=O)c3cc(C)ccc3C)C2)c1. The predicted molar refractivity (Wildman–Crippen MR) is 112 cm³/mol. The molecule has 2 aromatic carbocycles. The van der Waals surface area contributed by atoms with Crippen molar-refractivity contribution < 1.29 is 18.0 Å². The standard InChI is InChI=1S/C22H26N2O4S/c1-15-9-10-16(2)21(12-15)29(27,28)24-11-5-7-19(14-24)22(26)23-20-8-4-6-18(13-20)17(3)25/h4,6,8-10,12-13,19H,5,7,11,14H2,1-3H3,(H,23,26)/t19-/m1/s1. The molecule has 0 unspecified atom stereocenters. The van der Waals surface area contributed by atoms with E-state index in [1.165, 1.54) is 11.2 Å². The second-order valence-corrected chi connectivity index (χ2v) is 9.50. The quantitative estimate of drug-likeness (QED) is 0.759. The van der Waals surface area contributed by atoms with Crippen LogP contribution in [0.3, 0.4) is 0 Å². The second-order valence-electron chi connectivity index (χ2n) is 7.60. The minimum Gasteiger partial charge on any atom is -0.326 e. The topological polar surface area (TPSA) is 83.6 Å². The zero-order valence-electron chi connectivity index (χ0n) is 16.9. The van der Waals surface area contributed by atoms with Gasteiger partial charge in [0.2, 0.25) is 15.9 Å². The minimum atomic E-state index is -3.66. The van der Waals surface area contributed by atoms with Gasteiger partial charge in [-0.05, 0) is 62.9 Å². The maximum Gasteiger partial charge on any atom is 0.243 e. The lowest BCUT2D eigenvalue weighted by Crippen LogP contribution is -2.43. The molecule has 1 atom stereocenters. The molecule has 1 N–H and O–H groups in total. The number of benzene rings is 2. The Morgan fingerprint density at radius 3 is 2.59 bits per heavy atom. The molecule has 3 rings (SSSR count). The van der Waals surface area contributed by atoms with Gasteiger partial charge in [0.25, 0.3) is 0 Å². The first kappa shape index (κ1) is 21.2. The van der Waals surface area contributed by atoms with Crippen molar-refractivity contribution in [2.45, 2.75) is 38.5 Å². The number of hydrogen-bond donors (Lipinski definition) is 1. The average molecular weight is 415 g/mol. The normalized spacial score (nSPS) is 17.7. The molecule has 7 heteroatoms. The number of hydrogen-bond acceptors (Lipinski definition) is 4. The molecule has 6 nitrogen and oxygen atoms in total. The van der Waals surface area contributed by atoms with Gasteiger partial charge in [-0.3, -0.25) is 9.59 Å². The van der Waals surface area contributed by atoms with E-state index in [9.17, 15) is 18.0 Å². The fourth-order valence-corrected chi connectivity index (χ4v) is 5.39. The summed E-state index contributed by atoms with van der Waals surface area (Å²) in [5, 5.41) is 2.83. The molecule has 0 bridgehead atoms. The number of amides is 1. The molecule has 1 fully saturated rings.